The molecule has 3 heteroatoms. The Morgan fingerprint density at radius 2 is 2.33 bits per heavy atom. The van der Waals surface area contributed by atoms with Crippen LogP contribution in [0.5, 0.6) is 0 Å². The number of hydrogen-bond acceptors (Lipinski definition) is 2. The van der Waals surface area contributed by atoms with Gasteiger partial charge in [0.25, 0.3) is 0 Å². The molecule has 0 saturated heterocycles. The van der Waals surface area contributed by atoms with Gasteiger partial charge in [-0.05, 0) is 31.3 Å². The lowest BCUT2D eigenvalue weighted by molar-refractivity contribution is -0.138. The molecule has 12 heavy (non-hydrogen) atoms. The number of rotatable bonds is 3. The fourth-order valence-corrected chi connectivity index (χ4v) is 1.46. The smallest absolute Gasteiger partial charge is 0.306 e. The fraction of sp³-hybridized carbons (Fsp3) is 0.667. The van der Waals surface area contributed by atoms with E-state index in [1.165, 1.54) is 0 Å². The van der Waals surface area contributed by atoms with E-state index in [1.54, 1.807) is 0 Å². The van der Waals surface area contributed by atoms with Crippen molar-refractivity contribution in [2.24, 2.45) is 0 Å². The van der Waals surface area contributed by atoms with Crippen LogP contribution < -0.4 is 0 Å². The summed E-state index contributed by atoms with van der Waals surface area (Å²) in [4.78, 5) is 10.3. The topological polar surface area (TPSA) is 57.5 Å². The van der Waals surface area contributed by atoms with E-state index in [1.807, 2.05) is 6.08 Å². The zero-order valence-corrected chi connectivity index (χ0v) is 6.99. The third-order valence-corrected chi connectivity index (χ3v) is 2.12. The SMILES string of the molecule is O=C(O)CC(O)C1=CCCCC1. The summed E-state index contributed by atoms with van der Waals surface area (Å²) in [6.07, 6.45) is 5.11. The molecule has 0 aromatic rings. The first kappa shape index (κ1) is 9.26. The fourth-order valence-electron chi connectivity index (χ4n) is 1.46. The molecule has 68 valence electrons. The van der Waals surface area contributed by atoms with E-state index in [2.05, 4.69) is 0 Å². The van der Waals surface area contributed by atoms with Gasteiger partial charge in [-0.2, -0.15) is 0 Å². The molecule has 1 aliphatic rings. The molecule has 0 amide bonds. The molecule has 1 rings (SSSR count). The van der Waals surface area contributed by atoms with Crippen LogP contribution in [-0.2, 0) is 4.79 Å². The summed E-state index contributed by atoms with van der Waals surface area (Å²) in [6, 6.07) is 0. The molecule has 1 atom stereocenters. The van der Waals surface area contributed by atoms with E-state index >= 15 is 0 Å². The van der Waals surface area contributed by atoms with Gasteiger partial charge in [0.05, 0.1) is 12.5 Å². The van der Waals surface area contributed by atoms with Crippen LogP contribution in [0.4, 0.5) is 0 Å². The summed E-state index contributed by atoms with van der Waals surface area (Å²) in [5.41, 5.74) is 0.906. The van der Waals surface area contributed by atoms with Gasteiger partial charge < -0.3 is 10.2 Å². The number of carboxylic acids is 1. The molecule has 0 aliphatic heterocycles. The second-order valence-electron chi connectivity index (χ2n) is 3.14. The van der Waals surface area contributed by atoms with E-state index in [0.29, 0.717) is 0 Å². The molecule has 2 N–H and O–H groups in total. The van der Waals surface area contributed by atoms with E-state index in [0.717, 1.165) is 31.3 Å². The van der Waals surface area contributed by atoms with E-state index in [-0.39, 0.29) is 6.42 Å². The maximum Gasteiger partial charge on any atom is 0.306 e. The third kappa shape index (κ3) is 2.66. The Kier molecular flexibility index (Phi) is 3.29. The summed E-state index contributed by atoms with van der Waals surface area (Å²) in [6.45, 7) is 0. The Morgan fingerprint density at radius 3 is 2.83 bits per heavy atom. The van der Waals surface area contributed by atoms with E-state index in [9.17, 15) is 9.90 Å². The minimum atomic E-state index is -0.936. The minimum absolute atomic E-state index is 0.161. The number of aliphatic carboxylic acids is 1. The average Bonchev–Trinajstić information content (AvgIpc) is 2.05. The van der Waals surface area contributed by atoms with Crippen molar-refractivity contribution in [3.8, 4) is 0 Å². The van der Waals surface area contributed by atoms with Crippen molar-refractivity contribution in [1.82, 2.24) is 0 Å². The zero-order chi connectivity index (χ0) is 8.97. The third-order valence-electron chi connectivity index (χ3n) is 2.12. The summed E-state index contributed by atoms with van der Waals surface area (Å²) >= 11 is 0. The molecule has 0 radical (unpaired) electrons. The normalized spacial score (nSPS) is 19.9. The largest absolute Gasteiger partial charge is 0.481 e. The summed E-state index contributed by atoms with van der Waals surface area (Å²) in [7, 11) is 0. The van der Waals surface area contributed by atoms with Crippen molar-refractivity contribution in [2.75, 3.05) is 0 Å². The second-order valence-corrected chi connectivity index (χ2v) is 3.14. The Labute approximate surface area is 71.7 Å². The molecular weight excluding hydrogens is 156 g/mol. The van der Waals surface area contributed by atoms with Crippen molar-refractivity contribution in [1.29, 1.82) is 0 Å². The maximum absolute atomic E-state index is 10.3. The first-order chi connectivity index (χ1) is 5.70. The molecule has 1 unspecified atom stereocenters. The first-order valence-electron chi connectivity index (χ1n) is 4.29. The Hall–Kier alpha value is -0.830. The van der Waals surface area contributed by atoms with Crippen LogP contribution >= 0.6 is 0 Å². The number of aliphatic hydroxyl groups excluding tert-OH is 1. The molecule has 0 aromatic carbocycles. The minimum Gasteiger partial charge on any atom is -0.481 e. The van der Waals surface area contributed by atoms with E-state index < -0.39 is 12.1 Å². The lowest BCUT2D eigenvalue weighted by Crippen LogP contribution is -2.16. The highest BCUT2D eigenvalue weighted by Gasteiger charge is 2.15. The zero-order valence-electron chi connectivity index (χ0n) is 6.99. The van der Waals surface area contributed by atoms with Crippen molar-refractivity contribution in [3.63, 3.8) is 0 Å². The Balaban J connectivity index is 2.44. The van der Waals surface area contributed by atoms with E-state index in [4.69, 9.17) is 5.11 Å². The van der Waals surface area contributed by atoms with Crippen LogP contribution in [0.3, 0.4) is 0 Å². The quantitative estimate of drug-likeness (QED) is 0.628. The lowest BCUT2D eigenvalue weighted by atomic mass is 9.94. The van der Waals surface area contributed by atoms with Crippen LogP contribution in [-0.4, -0.2) is 22.3 Å². The van der Waals surface area contributed by atoms with Crippen molar-refractivity contribution in [2.45, 2.75) is 38.2 Å². The highest BCUT2D eigenvalue weighted by atomic mass is 16.4. The summed E-state index contributed by atoms with van der Waals surface area (Å²) in [5, 5.41) is 17.8. The average molecular weight is 170 g/mol. The predicted octanol–water partition coefficient (Wildman–Crippen LogP) is 1.32. The molecule has 0 spiro atoms. The number of aliphatic hydroxyl groups is 1. The molecule has 0 aromatic heterocycles. The first-order valence-corrected chi connectivity index (χ1v) is 4.29. The molecule has 3 nitrogen and oxygen atoms in total. The molecule has 0 bridgehead atoms. The number of carbonyl (C=O) groups is 1. The van der Waals surface area contributed by atoms with Crippen LogP contribution in [0.25, 0.3) is 0 Å². The molecule has 0 heterocycles. The number of hydrogen-bond donors (Lipinski definition) is 2. The molecular formula is C9H14O3. The van der Waals surface area contributed by atoms with Gasteiger partial charge in [0.1, 0.15) is 0 Å². The molecule has 0 saturated carbocycles. The van der Waals surface area contributed by atoms with Gasteiger partial charge >= 0.3 is 5.97 Å². The van der Waals surface area contributed by atoms with Gasteiger partial charge in [0.15, 0.2) is 0 Å². The highest BCUT2D eigenvalue weighted by molar-refractivity contribution is 5.67. The lowest BCUT2D eigenvalue weighted by Gasteiger charge is -2.16. The van der Waals surface area contributed by atoms with Crippen LogP contribution in [0.1, 0.15) is 32.1 Å². The molecule has 1 aliphatic carbocycles. The van der Waals surface area contributed by atoms with Crippen LogP contribution in [0, 0.1) is 0 Å². The summed E-state index contributed by atoms with van der Waals surface area (Å²) < 4.78 is 0. The van der Waals surface area contributed by atoms with Gasteiger partial charge in [-0.3, -0.25) is 4.79 Å². The van der Waals surface area contributed by atoms with Gasteiger partial charge in [0.2, 0.25) is 0 Å². The summed E-state index contributed by atoms with van der Waals surface area (Å²) in [5.74, 6) is -0.936. The van der Waals surface area contributed by atoms with Gasteiger partial charge in [-0.15, -0.1) is 0 Å². The molecule has 0 fully saturated rings. The number of allylic oxidation sites excluding steroid dienone is 1. The van der Waals surface area contributed by atoms with Crippen molar-refractivity contribution in [3.05, 3.63) is 11.6 Å². The predicted molar refractivity (Wildman–Crippen MR) is 44.8 cm³/mol. The highest BCUT2D eigenvalue weighted by Crippen LogP contribution is 2.21. The standard InChI is InChI=1S/C9H14O3/c10-8(6-9(11)12)7-4-2-1-3-5-7/h4,8,10H,1-3,5-6H2,(H,11,12). The monoisotopic (exact) mass is 170 g/mol. The van der Waals surface area contributed by atoms with Gasteiger partial charge in [-0.25, -0.2) is 0 Å². The van der Waals surface area contributed by atoms with Crippen molar-refractivity contribution >= 4 is 5.97 Å². The van der Waals surface area contributed by atoms with Crippen molar-refractivity contribution < 1.29 is 15.0 Å². The Bertz CT molecular complexity index is 196. The van der Waals surface area contributed by atoms with Gasteiger partial charge in [-0.1, -0.05) is 6.08 Å². The number of carboxylic acid groups (broad SMARTS) is 1. The Morgan fingerprint density at radius 1 is 1.58 bits per heavy atom. The second kappa shape index (κ2) is 4.26. The van der Waals surface area contributed by atoms with Crippen LogP contribution in [0.2, 0.25) is 0 Å². The van der Waals surface area contributed by atoms with Crippen LogP contribution in [0.15, 0.2) is 11.6 Å². The maximum atomic E-state index is 10.3. The van der Waals surface area contributed by atoms with Gasteiger partial charge in [0, 0.05) is 0 Å².